The van der Waals surface area contributed by atoms with Crippen LogP contribution in [-0.2, 0) is 9.53 Å². The zero-order valence-electron chi connectivity index (χ0n) is 11.4. The van der Waals surface area contributed by atoms with E-state index in [2.05, 4.69) is 4.74 Å². The van der Waals surface area contributed by atoms with Gasteiger partial charge < -0.3 is 14.1 Å². The van der Waals surface area contributed by atoms with Crippen LogP contribution in [0, 0.1) is 19.8 Å². The van der Waals surface area contributed by atoms with E-state index in [0.717, 1.165) is 0 Å². The highest BCUT2D eigenvalue weighted by atomic mass is 16.5. The third-order valence-electron chi connectivity index (χ3n) is 2.77. The molecule has 5 nitrogen and oxygen atoms in total. The van der Waals surface area contributed by atoms with Gasteiger partial charge in [0, 0.05) is 13.6 Å². The Kier molecular flexibility index (Phi) is 4.53. The number of rotatable bonds is 4. The Balaban J connectivity index is 2.73. The van der Waals surface area contributed by atoms with Gasteiger partial charge in [0.1, 0.15) is 11.5 Å². The summed E-state index contributed by atoms with van der Waals surface area (Å²) in [6.45, 7) is 5.58. The molecule has 1 heterocycles. The van der Waals surface area contributed by atoms with Gasteiger partial charge in [-0.05, 0) is 19.9 Å². The molecule has 0 radical (unpaired) electrons. The summed E-state index contributed by atoms with van der Waals surface area (Å²) in [6.07, 6.45) is 0. The maximum absolute atomic E-state index is 12.1. The Morgan fingerprint density at radius 1 is 1.44 bits per heavy atom. The number of amides is 1. The van der Waals surface area contributed by atoms with E-state index in [1.165, 1.54) is 12.0 Å². The van der Waals surface area contributed by atoms with Gasteiger partial charge in [0.25, 0.3) is 5.91 Å². The second-order valence-electron chi connectivity index (χ2n) is 4.44. The molecule has 1 aromatic rings. The summed E-state index contributed by atoms with van der Waals surface area (Å²) in [6, 6.07) is 1.71. The minimum Gasteiger partial charge on any atom is -0.469 e. The first kappa shape index (κ1) is 14.3. The number of methoxy groups -OCH3 is 1. The lowest BCUT2D eigenvalue weighted by atomic mass is 10.1. The van der Waals surface area contributed by atoms with E-state index in [0.29, 0.717) is 23.6 Å². The van der Waals surface area contributed by atoms with Gasteiger partial charge in [-0.1, -0.05) is 6.92 Å². The minimum atomic E-state index is -0.350. The van der Waals surface area contributed by atoms with Crippen LogP contribution in [0.3, 0.4) is 0 Å². The first-order valence-corrected chi connectivity index (χ1v) is 5.77. The SMILES string of the molecule is COC(=O)C(C)CN(C)C(=O)c1cc(C)oc1C. The number of hydrogen-bond donors (Lipinski definition) is 0. The van der Waals surface area contributed by atoms with Crippen LogP contribution in [0.25, 0.3) is 0 Å². The number of nitrogens with zero attached hydrogens (tertiary/aromatic N) is 1. The van der Waals surface area contributed by atoms with Gasteiger partial charge in [0.2, 0.25) is 0 Å². The smallest absolute Gasteiger partial charge is 0.310 e. The first-order chi connectivity index (χ1) is 8.36. The largest absolute Gasteiger partial charge is 0.469 e. The number of hydrogen-bond acceptors (Lipinski definition) is 4. The molecule has 5 heteroatoms. The van der Waals surface area contributed by atoms with Crippen LogP contribution in [0.5, 0.6) is 0 Å². The second-order valence-corrected chi connectivity index (χ2v) is 4.44. The van der Waals surface area contributed by atoms with Gasteiger partial charge in [-0.25, -0.2) is 0 Å². The summed E-state index contributed by atoms with van der Waals surface area (Å²) < 4.78 is 9.95. The van der Waals surface area contributed by atoms with Gasteiger partial charge in [-0.15, -0.1) is 0 Å². The van der Waals surface area contributed by atoms with Crippen molar-refractivity contribution in [1.29, 1.82) is 0 Å². The quantitative estimate of drug-likeness (QED) is 0.767. The van der Waals surface area contributed by atoms with Crippen molar-refractivity contribution in [3.8, 4) is 0 Å². The predicted molar refractivity (Wildman–Crippen MR) is 66.3 cm³/mol. The molecule has 0 saturated carbocycles. The van der Waals surface area contributed by atoms with Crippen molar-refractivity contribution >= 4 is 11.9 Å². The molecular formula is C13H19NO4. The number of carbonyl (C=O) groups excluding carboxylic acids is 2. The molecule has 0 spiro atoms. The highest BCUT2D eigenvalue weighted by molar-refractivity contribution is 5.95. The molecule has 1 unspecified atom stereocenters. The molecule has 0 aliphatic heterocycles. The van der Waals surface area contributed by atoms with Gasteiger partial charge in [0.05, 0.1) is 18.6 Å². The molecule has 1 amide bonds. The Morgan fingerprint density at radius 2 is 2.06 bits per heavy atom. The summed E-state index contributed by atoms with van der Waals surface area (Å²) in [5, 5.41) is 0. The maximum Gasteiger partial charge on any atom is 0.310 e. The third kappa shape index (κ3) is 3.12. The number of esters is 1. The van der Waals surface area contributed by atoms with E-state index in [4.69, 9.17) is 4.42 Å². The second kappa shape index (κ2) is 5.71. The summed E-state index contributed by atoms with van der Waals surface area (Å²) in [4.78, 5) is 24.9. The van der Waals surface area contributed by atoms with Crippen LogP contribution in [0.15, 0.2) is 10.5 Å². The molecule has 0 saturated heterocycles. The van der Waals surface area contributed by atoms with Crippen molar-refractivity contribution in [3.05, 3.63) is 23.2 Å². The van der Waals surface area contributed by atoms with E-state index in [1.54, 1.807) is 33.9 Å². The monoisotopic (exact) mass is 253 g/mol. The zero-order chi connectivity index (χ0) is 13.9. The number of aryl methyl sites for hydroxylation is 2. The zero-order valence-corrected chi connectivity index (χ0v) is 11.4. The van der Waals surface area contributed by atoms with Gasteiger partial charge in [-0.3, -0.25) is 9.59 Å². The molecular weight excluding hydrogens is 234 g/mol. The molecule has 0 bridgehead atoms. The normalized spacial score (nSPS) is 12.1. The summed E-state index contributed by atoms with van der Waals surface area (Å²) in [7, 11) is 2.99. The summed E-state index contributed by atoms with van der Waals surface area (Å²) >= 11 is 0. The molecule has 1 atom stereocenters. The van der Waals surface area contributed by atoms with Crippen LogP contribution in [0.2, 0.25) is 0 Å². The number of ether oxygens (including phenoxy) is 1. The molecule has 1 aromatic heterocycles. The Bertz CT molecular complexity index is 450. The van der Waals surface area contributed by atoms with E-state index < -0.39 is 0 Å². The molecule has 0 aromatic carbocycles. The van der Waals surface area contributed by atoms with E-state index in [1.807, 2.05) is 0 Å². The Hall–Kier alpha value is -1.78. The van der Waals surface area contributed by atoms with Crippen LogP contribution in [-0.4, -0.2) is 37.5 Å². The van der Waals surface area contributed by atoms with Crippen LogP contribution in [0.1, 0.15) is 28.8 Å². The number of furan rings is 1. The highest BCUT2D eigenvalue weighted by Crippen LogP contribution is 2.16. The average Bonchev–Trinajstić information content (AvgIpc) is 2.66. The minimum absolute atomic E-state index is 0.153. The Labute approximate surface area is 107 Å². The van der Waals surface area contributed by atoms with E-state index >= 15 is 0 Å². The first-order valence-electron chi connectivity index (χ1n) is 5.77. The fraction of sp³-hybridized carbons (Fsp3) is 0.538. The predicted octanol–water partition coefficient (Wildman–Crippen LogP) is 1.78. The fourth-order valence-electron chi connectivity index (χ4n) is 1.82. The Morgan fingerprint density at radius 3 is 2.50 bits per heavy atom. The standard InChI is InChI=1S/C13H19NO4/c1-8(13(16)17-5)7-14(4)12(15)11-6-9(2)18-10(11)3/h6,8H,7H2,1-5H3. The topological polar surface area (TPSA) is 59.8 Å². The molecule has 0 aliphatic carbocycles. The molecule has 0 fully saturated rings. The lowest BCUT2D eigenvalue weighted by molar-refractivity contribution is -0.145. The summed E-state index contributed by atoms with van der Waals surface area (Å²) in [5.74, 6) is 0.465. The fourth-order valence-corrected chi connectivity index (χ4v) is 1.82. The van der Waals surface area contributed by atoms with Gasteiger partial charge in [0.15, 0.2) is 0 Å². The molecule has 100 valence electrons. The molecule has 18 heavy (non-hydrogen) atoms. The molecule has 0 aliphatic rings. The summed E-state index contributed by atoms with van der Waals surface area (Å²) in [5.41, 5.74) is 0.534. The highest BCUT2D eigenvalue weighted by Gasteiger charge is 2.22. The van der Waals surface area contributed by atoms with Crippen molar-refractivity contribution in [2.24, 2.45) is 5.92 Å². The molecule has 0 N–H and O–H groups in total. The van der Waals surface area contributed by atoms with Gasteiger partial charge >= 0.3 is 5.97 Å². The van der Waals surface area contributed by atoms with E-state index in [-0.39, 0.29) is 17.8 Å². The van der Waals surface area contributed by atoms with E-state index in [9.17, 15) is 9.59 Å². The van der Waals surface area contributed by atoms with Crippen molar-refractivity contribution in [3.63, 3.8) is 0 Å². The lowest BCUT2D eigenvalue weighted by Crippen LogP contribution is -2.34. The van der Waals surface area contributed by atoms with Crippen molar-refractivity contribution in [2.75, 3.05) is 20.7 Å². The van der Waals surface area contributed by atoms with Crippen LogP contribution in [0.4, 0.5) is 0 Å². The van der Waals surface area contributed by atoms with Crippen molar-refractivity contribution in [2.45, 2.75) is 20.8 Å². The van der Waals surface area contributed by atoms with Gasteiger partial charge in [-0.2, -0.15) is 0 Å². The van der Waals surface area contributed by atoms with Crippen molar-refractivity contribution in [1.82, 2.24) is 4.90 Å². The van der Waals surface area contributed by atoms with Crippen molar-refractivity contribution < 1.29 is 18.7 Å². The van der Waals surface area contributed by atoms with Crippen LogP contribution < -0.4 is 0 Å². The molecule has 1 rings (SSSR count). The average molecular weight is 253 g/mol. The van der Waals surface area contributed by atoms with Crippen LogP contribution >= 0.6 is 0 Å². The number of carbonyl (C=O) groups is 2. The lowest BCUT2D eigenvalue weighted by Gasteiger charge is -2.19. The maximum atomic E-state index is 12.1. The third-order valence-corrected chi connectivity index (χ3v) is 2.77.